The quantitative estimate of drug-likeness (QED) is 0.510. The van der Waals surface area contributed by atoms with Crippen molar-refractivity contribution in [2.75, 3.05) is 6.61 Å². The molecule has 0 atom stereocenters. The van der Waals surface area contributed by atoms with Gasteiger partial charge in [-0.25, -0.2) is 9.82 Å². The van der Waals surface area contributed by atoms with E-state index >= 15 is 0 Å². The van der Waals surface area contributed by atoms with Crippen molar-refractivity contribution in [2.45, 2.75) is 20.8 Å². The Bertz CT molecular complexity index is 990. The van der Waals surface area contributed by atoms with Gasteiger partial charge in [-0.1, -0.05) is 0 Å². The number of hydrazone groups is 1. The predicted molar refractivity (Wildman–Crippen MR) is 108 cm³/mol. The zero-order valence-corrected chi connectivity index (χ0v) is 16.1. The van der Waals surface area contributed by atoms with Crippen LogP contribution in [0.2, 0.25) is 0 Å². The highest BCUT2D eigenvalue weighted by Crippen LogP contribution is 2.22. The molecule has 1 heterocycles. The minimum absolute atomic E-state index is 0.346. The molecule has 0 spiro atoms. The van der Waals surface area contributed by atoms with Crippen LogP contribution in [-0.2, 0) is 0 Å². The van der Waals surface area contributed by atoms with E-state index in [2.05, 4.69) is 15.1 Å². The van der Waals surface area contributed by atoms with Gasteiger partial charge in [-0.3, -0.25) is 4.79 Å². The SMILES string of the molecule is CCOc1ccc(-n2c(C)cc(/C=N\NC(=O)c3ccc(F)cc3)c2C)cc1. The fourth-order valence-corrected chi connectivity index (χ4v) is 3.00. The second kappa shape index (κ2) is 8.52. The number of carbonyl (C=O) groups excluding carboxylic acids is 1. The fourth-order valence-electron chi connectivity index (χ4n) is 3.00. The van der Waals surface area contributed by atoms with E-state index in [1.807, 2.05) is 51.1 Å². The van der Waals surface area contributed by atoms with Crippen LogP contribution in [-0.4, -0.2) is 23.3 Å². The number of amides is 1. The minimum atomic E-state index is -0.392. The Labute approximate surface area is 163 Å². The third-order valence-electron chi connectivity index (χ3n) is 4.35. The number of nitrogens with one attached hydrogen (secondary N) is 1. The first kappa shape index (κ1) is 19.4. The predicted octanol–water partition coefficient (Wildman–Crippen LogP) is 4.40. The third-order valence-corrected chi connectivity index (χ3v) is 4.35. The van der Waals surface area contributed by atoms with Crippen LogP contribution in [0.3, 0.4) is 0 Å². The Balaban J connectivity index is 1.75. The molecule has 0 radical (unpaired) electrons. The van der Waals surface area contributed by atoms with Gasteiger partial charge in [0.25, 0.3) is 5.91 Å². The molecule has 0 fully saturated rings. The molecule has 3 aromatic rings. The Hall–Kier alpha value is -3.41. The van der Waals surface area contributed by atoms with Gasteiger partial charge < -0.3 is 9.30 Å². The Morgan fingerprint density at radius 3 is 2.46 bits per heavy atom. The van der Waals surface area contributed by atoms with Crippen LogP contribution in [0.5, 0.6) is 5.75 Å². The standard InChI is InChI=1S/C22H22FN3O2/c1-4-28-21-11-9-20(10-12-21)26-15(2)13-18(16(26)3)14-24-25-22(27)17-5-7-19(23)8-6-17/h5-14H,4H2,1-3H3,(H,25,27)/b24-14-. The molecule has 1 amide bonds. The molecular weight excluding hydrogens is 357 g/mol. The summed E-state index contributed by atoms with van der Waals surface area (Å²) in [6.45, 7) is 6.59. The number of benzene rings is 2. The van der Waals surface area contributed by atoms with Crippen LogP contribution in [0.1, 0.15) is 34.2 Å². The zero-order chi connectivity index (χ0) is 20.1. The lowest BCUT2D eigenvalue weighted by Gasteiger charge is -2.10. The molecular formula is C22H22FN3O2. The zero-order valence-electron chi connectivity index (χ0n) is 16.1. The van der Waals surface area contributed by atoms with Crippen LogP contribution in [0.15, 0.2) is 59.7 Å². The lowest BCUT2D eigenvalue weighted by Crippen LogP contribution is -2.17. The average Bonchev–Trinajstić information content (AvgIpc) is 2.97. The second-order valence-electron chi connectivity index (χ2n) is 6.29. The van der Waals surface area contributed by atoms with Crippen LogP contribution in [0.25, 0.3) is 5.69 Å². The molecule has 2 aromatic carbocycles. The van der Waals surface area contributed by atoms with E-state index in [9.17, 15) is 9.18 Å². The van der Waals surface area contributed by atoms with E-state index in [4.69, 9.17) is 4.74 Å². The number of aromatic nitrogens is 1. The van der Waals surface area contributed by atoms with Crippen LogP contribution >= 0.6 is 0 Å². The first-order valence-electron chi connectivity index (χ1n) is 9.00. The van der Waals surface area contributed by atoms with E-state index < -0.39 is 5.91 Å². The number of rotatable bonds is 6. The van der Waals surface area contributed by atoms with Crippen molar-refractivity contribution in [1.29, 1.82) is 0 Å². The van der Waals surface area contributed by atoms with Crippen LogP contribution < -0.4 is 10.2 Å². The van der Waals surface area contributed by atoms with Gasteiger partial charge in [0.05, 0.1) is 12.8 Å². The molecule has 3 rings (SSSR count). The molecule has 6 heteroatoms. The van der Waals surface area contributed by atoms with Gasteiger partial charge in [-0.2, -0.15) is 5.10 Å². The number of ether oxygens (including phenoxy) is 1. The van der Waals surface area contributed by atoms with Crippen molar-refractivity contribution in [1.82, 2.24) is 9.99 Å². The molecule has 0 aliphatic heterocycles. The van der Waals surface area contributed by atoms with Crippen LogP contribution in [0, 0.1) is 19.7 Å². The highest BCUT2D eigenvalue weighted by atomic mass is 19.1. The lowest BCUT2D eigenvalue weighted by molar-refractivity contribution is 0.0955. The first-order chi connectivity index (χ1) is 13.5. The van der Waals surface area contributed by atoms with Crippen molar-refractivity contribution in [3.63, 3.8) is 0 Å². The smallest absolute Gasteiger partial charge is 0.271 e. The summed E-state index contributed by atoms with van der Waals surface area (Å²) in [6, 6.07) is 15.2. The number of carbonyl (C=O) groups is 1. The van der Waals surface area contributed by atoms with Crippen molar-refractivity contribution >= 4 is 12.1 Å². The molecule has 1 aromatic heterocycles. The molecule has 144 valence electrons. The molecule has 0 aliphatic carbocycles. The fraction of sp³-hybridized carbons (Fsp3) is 0.182. The molecule has 0 unspecified atom stereocenters. The molecule has 0 bridgehead atoms. The normalized spacial score (nSPS) is 11.0. The van der Waals surface area contributed by atoms with E-state index in [-0.39, 0.29) is 5.82 Å². The Kier molecular flexibility index (Phi) is 5.89. The summed E-state index contributed by atoms with van der Waals surface area (Å²) < 4.78 is 20.5. The summed E-state index contributed by atoms with van der Waals surface area (Å²) in [7, 11) is 0. The van der Waals surface area contributed by atoms with E-state index in [1.54, 1.807) is 6.21 Å². The molecule has 28 heavy (non-hydrogen) atoms. The highest BCUT2D eigenvalue weighted by molar-refractivity contribution is 5.95. The summed E-state index contributed by atoms with van der Waals surface area (Å²) in [4.78, 5) is 12.0. The maximum atomic E-state index is 12.9. The monoisotopic (exact) mass is 379 g/mol. The summed E-state index contributed by atoms with van der Waals surface area (Å²) in [5.74, 6) is 0.0531. The first-order valence-corrected chi connectivity index (χ1v) is 9.00. The Morgan fingerprint density at radius 2 is 1.82 bits per heavy atom. The molecule has 5 nitrogen and oxygen atoms in total. The van der Waals surface area contributed by atoms with Gasteiger partial charge in [-0.15, -0.1) is 0 Å². The second-order valence-corrected chi connectivity index (χ2v) is 6.29. The maximum absolute atomic E-state index is 12.9. The molecule has 0 saturated carbocycles. The third kappa shape index (κ3) is 4.28. The summed E-state index contributed by atoms with van der Waals surface area (Å²) >= 11 is 0. The molecule has 1 N–H and O–H groups in total. The van der Waals surface area contributed by atoms with E-state index in [0.717, 1.165) is 28.4 Å². The van der Waals surface area contributed by atoms with Crippen molar-refractivity contribution in [3.05, 3.63) is 82.9 Å². The summed E-state index contributed by atoms with van der Waals surface area (Å²) in [5.41, 5.74) is 6.78. The lowest BCUT2D eigenvalue weighted by atomic mass is 10.2. The maximum Gasteiger partial charge on any atom is 0.271 e. The van der Waals surface area contributed by atoms with E-state index in [0.29, 0.717) is 12.2 Å². The van der Waals surface area contributed by atoms with Crippen molar-refractivity contribution in [3.8, 4) is 11.4 Å². The Morgan fingerprint density at radius 1 is 1.14 bits per heavy atom. The minimum Gasteiger partial charge on any atom is -0.494 e. The number of hydrogen-bond donors (Lipinski definition) is 1. The van der Waals surface area contributed by atoms with Crippen molar-refractivity contribution in [2.24, 2.45) is 5.10 Å². The van der Waals surface area contributed by atoms with Gasteiger partial charge in [0.1, 0.15) is 11.6 Å². The van der Waals surface area contributed by atoms with Gasteiger partial charge in [0.15, 0.2) is 0 Å². The number of aryl methyl sites for hydroxylation is 1. The highest BCUT2D eigenvalue weighted by Gasteiger charge is 2.10. The number of nitrogens with zero attached hydrogens (tertiary/aromatic N) is 2. The average molecular weight is 379 g/mol. The summed E-state index contributed by atoms with van der Waals surface area (Å²) in [6.07, 6.45) is 1.61. The van der Waals surface area contributed by atoms with Gasteiger partial charge in [-0.05, 0) is 75.4 Å². The van der Waals surface area contributed by atoms with E-state index in [1.165, 1.54) is 24.3 Å². The van der Waals surface area contributed by atoms with Crippen molar-refractivity contribution < 1.29 is 13.9 Å². The number of halogens is 1. The largest absolute Gasteiger partial charge is 0.494 e. The molecule has 0 aliphatic rings. The van der Waals surface area contributed by atoms with Gasteiger partial charge >= 0.3 is 0 Å². The van der Waals surface area contributed by atoms with Gasteiger partial charge in [0.2, 0.25) is 0 Å². The van der Waals surface area contributed by atoms with Crippen LogP contribution in [0.4, 0.5) is 4.39 Å². The number of hydrogen-bond acceptors (Lipinski definition) is 3. The molecule has 0 saturated heterocycles. The topological polar surface area (TPSA) is 55.6 Å². The van der Waals surface area contributed by atoms with Gasteiger partial charge in [0, 0.05) is 28.2 Å². The summed E-state index contributed by atoms with van der Waals surface area (Å²) in [5, 5.41) is 4.04.